The van der Waals surface area contributed by atoms with E-state index in [4.69, 9.17) is 14.6 Å². The highest BCUT2D eigenvalue weighted by Crippen LogP contribution is 2.23. The minimum atomic E-state index is -4.04. The number of hydrogen-bond acceptors (Lipinski definition) is 7. The normalized spacial score (nSPS) is 10.8. The van der Waals surface area contributed by atoms with E-state index in [-0.39, 0.29) is 27.7 Å². The smallest absolute Gasteiger partial charge is 0.342 e. The molecule has 10 heteroatoms. The first kappa shape index (κ1) is 21.1. The molecule has 0 bridgehead atoms. The second kappa shape index (κ2) is 8.63. The monoisotopic (exact) mass is 406 g/mol. The molecule has 2 aromatic carbocycles. The van der Waals surface area contributed by atoms with Crippen LogP contribution < -0.4 is 15.2 Å². The number of Topliss-reactive ketones (excluding diaryl/α,β-unsaturated/α-hetero) is 1. The molecule has 0 spiro atoms. The molecule has 0 aliphatic carbocycles. The molecule has 0 heterocycles. The summed E-state index contributed by atoms with van der Waals surface area (Å²) in [5.74, 6) is -1.84. The fourth-order valence-electron chi connectivity index (χ4n) is 2.32. The second-order valence-corrected chi connectivity index (χ2v) is 7.19. The molecule has 0 aliphatic rings. The second-order valence-electron chi connectivity index (χ2n) is 5.63. The van der Waals surface area contributed by atoms with Crippen molar-refractivity contribution in [3.63, 3.8) is 0 Å². The Labute approximate surface area is 161 Å². The Morgan fingerprint density at radius 3 is 2.36 bits per heavy atom. The summed E-state index contributed by atoms with van der Waals surface area (Å²) in [6, 6.07) is 9.80. The SMILES string of the molecule is COc1ccc(S(N)(=O)=O)cc1C(=O)OCC(=O)Nc1ccccc1C(C)=O. The number of ketones is 1. The van der Waals surface area contributed by atoms with Crippen LogP contribution in [0.3, 0.4) is 0 Å². The number of rotatable bonds is 7. The summed E-state index contributed by atoms with van der Waals surface area (Å²) in [6.45, 7) is 0.698. The standard InChI is InChI=1S/C18H18N2O7S/c1-11(21)13-5-3-4-6-15(13)20-17(22)10-27-18(23)14-9-12(28(19,24)25)7-8-16(14)26-2/h3-9H,10H2,1-2H3,(H,20,22)(H2,19,24,25). The lowest BCUT2D eigenvalue weighted by molar-refractivity contribution is -0.119. The zero-order valence-corrected chi connectivity index (χ0v) is 15.9. The third-order valence-electron chi connectivity index (χ3n) is 3.63. The largest absolute Gasteiger partial charge is 0.496 e. The number of amides is 1. The number of hydrogen-bond donors (Lipinski definition) is 2. The molecule has 0 unspecified atom stereocenters. The maximum Gasteiger partial charge on any atom is 0.342 e. The first-order chi connectivity index (χ1) is 13.1. The molecule has 0 aliphatic heterocycles. The summed E-state index contributed by atoms with van der Waals surface area (Å²) < 4.78 is 32.8. The maximum absolute atomic E-state index is 12.3. The van der Waals surface area contributed by atoms with Crippen LogP contribution in [0.5, 0.6) is 5.75 Å². The molecule has 0 saturated carbocycles. The summed E-state index contributed by atoms with van der Waals surface area (Å²) in [5, 5.41) is 7.53. The van der Waals surface area contributed by atoms with Crippen LogP contribution in [-0.4, -0.2) is 39.8 Å². The number of nitrogens with two attached hydrogens (primary N) is 1. The molecule has 0 aromatic heterocycles. The Kier molecular flexibility index (Phi) is 6.49. The fraction of sp³-hybridized carbons (Fsp3) is 0.167. The lowest BCUT2D eigenvalue weighted by Crippen LogP contribution is -2.22. The van der Waals surface area contributed by atoms with Gasteiger partial charge >= 0.3 is 5.97 Å². The number of ether oxygens (including phenoxy) is 2. The van der Waals surface area contributed by atoms with Crippen LogP contribution in [0.4, 0.5) is 5.69 Å². The average molecular weight is 406 g/mol. The quantitative estimate of drug-likeness (QED) is 0.522. The van der Waals surface area contributed by atoms with Gasteiger partial charge < -0.3 is 14.8 Å². The van der Waals surface area contributed by atoms with Crippen molar-refractivity contribution in [2.45, 2.75) is 11.8 Å². The van der Waals surface area contributed by atoms with Crippen molar-refractivity contribution in [1.29, 1.82) is 0 Å². The number of anilines is 1. The highest BCUT2D eigenvalue weighted by Gasteiger charge is 2.20. The number of benzene rings is 2. The van der Waals surface area contributed by atoms with Gasteiger partial charge in [-0.15, -0.1) is 0 Å². The Morgan fingerprint density at radius 1 is 1.07 bits per heavy atom. The first-order valence-electron chi connectivity index (χ1n) is 7.91. The lowest BCUT2D eigenvalue weighted by atomic mass is 10.1. The first-order valence-corrected chi connectivity index (χ1v) is 9.46. The Bertz CT molecular complexity index is 1030. The minimum Gasteiger partial charge on any atom is -0.496 e. The molecule has 2 aromatic rings. The van der Waals surface area contributed by atoms with Crippen LogP contribution >= 0.6 is 0 Å². The van der Waals surface area contributed by atoms with Crippen LogP contribution in [0.15, 0.2) is 47.4 Å². The number of methoxy groups -OCH3 is 1. The number of carbonyl (C=O) groups is 3. The average Bonchev–Trinajstić information content (AvgIpc) is 2.65. The number of nitrogens with one attached hydrogen (secondary N) is 1. The summed E-state index contributed by atoms with van der Waals surface area (Å²) in [4.78, 5) is 35.6. The van der Waals surface area contributed by atoms with E-state index < -0.39 is 28.5 Å². The summed E-state index contributed by atoms with van der Waals surface area (Å²) >= 11 is 0. The van der Waals surface area contributed by atoms with E-state index in [9.17, 15) is 22.8 Å². The Morgan fingerprint density at radius 2 is 1.75 bits per heavy atom. The van der Waals surface area contributed by atoms with Gasteiger partial charge in [0.25, 0.3) is 5.91 Å². The third-order valence-corrected chi connectivity index (χ3v) is 4.55. The van der Waals surface area contributed by atoms with Crippen LogP contribution in [0.25, 0.3) is 0 Å². The molecule has 28 heavy (non-hydrogen) atoms. The van der Waals surface area contributed by atoms with Crippen LogP contribution in [0.1, 0.15) is 27.6 Å². The summed E-state index contributed by atoms with van der Waals surface area (Å²) in [7, 11) is -2.76. The highest BCUT2D eigenvalue weighted by atomic mass is 32.2. The van der Waals surface area contributed by atoms with Gasteiger partial charge in [0.1, 0.15) is 11.3 Å². The number of sulfonamides is 1. The van der Waals surface area contributed by atoms with Gasteiger partial charge in [-0.3, -0.25) is 9.59 Å². The molecule has 2 rings (SSSR count). The van der Waals surface area contributed by atoms with Crippen LogP contribution in [0.2, 0.25) is 0 Å². The van der Waals surface area contributed by atoms with Crippen LogP contribution in [-0.2, 0) is 19.6 Å². The van der Waals surface area contributed by atoms with Crippen LogP contribution in [0, 0.1) is 0 Å². The van der Waals surface area contributed by atoms with Crippen molar-refractivity contribution in [1.82, 2.24) is 0 Å². The zero-order valence-electron chi connectivity index (χ0n) is 15.1. The number of primary sulfonamides is 1. The number of para-hydroxylation sites is 1. The molecule has 0 radical (unpaired) electrons. The van der Waals surface area contributed by atoms with Gasteiger partial charge in [0, 0.05) is 5.56 Å². The molecule has 9 nitrogen and oxygen atoms in total. The van der Waals surface area contributed by atoms with Gasteiger partial charge in [0.15, 0.2) is 12.4 Å². The molecule has 0 atom stereocenters. The number of carbonyl (C=O) groups excluding carboxylic acids is 3. The van der Waals surface area contributed by atoms with Crippen molar-refractivity contribution in [3.05, 3.63) is 53.6 Å². The van der Waals surface area contributed by atoms with Gasteiger partial charge in [0.2, 0.25) is 10.0 Å². The van der Waals surface area contributed by atoms with Crippen molar-refractivity contribution in [2.75, 3.05) is 19.0 Å². The fourth-order valence-corrected chi connectivity index (χ4v) is 2.86. The topological polar surface area (TPSA) is 142 Å². The van der Waals surface area contributed by atoms with E-state index >= 15 is 0 Å². The van der Waals surface area contributed by atoms with Crippen molar-refractivity contribution in [3.8, 4) is 5.75 Å². The molecule has 0 fully saturated rings. The molecule has 1 amide bonds. The molecule has 148 valence electrons. The predicted molar refractivity (Wildman–Crippen MR) is 99.7 cm³/mol. The van der Waals surface area contributed by atoms with E-state index in [1.807, 2.05) is 0 Å². The Balaban J connectivity index is 2.12. The Hall–Kier alpha value is -3.24. The van der Waals surface area contributed by atoms with E-state index in [1.165, 1.54) is 32.2 Å². The van der Waals surface area contributed by atoms with Gasteiger partial charge in [-0.05, 0) is 37.3 Å². The van der Waals surface area contributed by atoms with E-state index in [2.05, 4.69) is 5.32 Å². The van der Waals surface area contributed by atoms with Gasteiger partial charge in [-0.1, -0.05) is 12.1 Å². The lowest BCUT2D eigenvalue weighted by Gasteiger charge is -2.11. The van der Waals surface area contributed by atoms with Gasteiger partial charge in [-0.2, -0.15) is 0 Å². The van der Waals surface area contributed by atoms with Gasteiger partial charge in [0.05, 0.1) is 17.7 Å². The van der Waals surface area contributed by atoms with Gasteiger partial charge in [-0.25, -0.2) is 18.4 Å². The van der Waals surface area contributed by atoms with Crippen molar-refractivity contribution in [2.24, 2.45) is 5.14 Å². The molecular weight excluding hydrogens is 388 g/mol. The zero-order chi connectivity index (χ0) is 20.9. The molecule has 3 N–H and O–H groups in total. The molecule has 0 saturated heterocycles. The van der Waals surface area contributed by atoms with E-state index in [1.54, 1.807) is 18.2 Å². The number of esters is 1. The highest BCUT2D eigenvalue weighted by molar-refractivity contribution is 7.89. The third kappa shape index (κ3) is 5.15. The summed E-state index contributed by atoms with van der Waals surface area (Å²) in [5.41, 5.74) is 0.389. The van der Waals surface area contributed by atoms with Crippen molar-refractivity contribution >= 4 is 33.4 Å². The van der Waals surface area contributed by atoms with E-state index in [0.717, 1.165) is 6.07 Å². The summed E-state index contributed by atoms with van der Waals surface area (Å²) in [6.07, 6.45) is 0. The molecular formula is C18H18N2O7S. The van der Waals surface area contributed by atoms with E-state index in [0.29, 0.717) is 5.56 Å². The maximum atomic E-state index is 12.3. The minimum absolute atomic E-state index is 0.0553. The van der Waals surface area contributed by atoms with Crippen molar-refractivity contribution < 1.29 is 32.3 Å². The predicted octanol–water partition coefficient (Wildman–Crippen LogP) is 1.34.